The highest BCUT2D eigenvalue weighted by molar-refractivity contribution is 7.93. The molecule has 1 aromatic carbocycles. The van der Waals surface area contributed by atoms with Gasteiger partial charge in [0.25, 0.3) is 15.9 Å². The maximum atomic E-state index is 13.0. The second kappa shape index (κ2) is 7.19. The molecular weight excluding hydrogens is 402 g/mol. The van der Waals surface area contributed by atoms with Crippen LogP contribution in [0, 0.1) is 13.8 Å². The summed E-state index contributed by atoms with van der Waals surface area (Å²) in [4.78, 5) is 5.41. The third-order valence-corrected chi connectivity index (χ3v) is 7.06. The topological polar surface area (TPSA) is 104 Å². The number of nitrogens with one attached hydrogen (secondary N) is 1. The molecule has 1 aliphatic rings. The van der Waals surface area contributed by atoms with Gasteiger partial charge in [0.1, 0.15) is 10.8 Å². The minimum absolute atomic E-state index is 0.154. The largest absolute Gasteiger partial charge is 0.496 e. The maximum Gasteiger partial charge on any atom is 0.262 e. The maximum absolute atomic E-state index is 13.0. The number of methoxy groups -OCH3 is 1. The summed E-state index contributed by atoms with van der Waals surface area (Å²) < 4.78 is 44.8. The number of fused-ring (bicyclic) bond motifs is 1. The zero-order valence-electron chi connectivity index (χ0n) is 15.6. The van der Waals surface area contributed by atoms with E-state index in [9.17, 15) is 8.42 Å². The molecule has 28 heavy (non-hydrogen) atoms. The summed E-state index contributed by atoms with van der Waals surface area (Å²) in [5.74, 6) is 1.42. The van der Waals surface area contributed by atoms with Gasteiger partial charge in [-0.1, -0.05) is 5.16 Å². The lowest BCUT2D eigenvalue weighted by Crippen LogP contribution is -2.13. The SMILES string of the molecule is COc1ccc(S(=O)(=O)Nc2sc3c(c2-c2nc(C)no2)CCOC3)cc1C. The summed E-state index contributed by atoms with van der Waals surface area (Å²) in [6.07, 6.45) is 0.659. The Bertz CT molecular complexity index is 1130. The average Bonchev–Trinajstić information content (AvgIpc) is 3.23. The van der Waals surface area contributed by atoms with Crippen LogP contribution in [0.5, 0.6) is 5.75 Å². The molecule has 0 unspecified atom stereocenters. The fourth-order valence-electron chi connectivity index (χ4n) is 3.13. The van der Waals surface area contributed by atoms with E-state index in [0.717, 1.165) is 16.0 Å². The highest BCUT2D eigenvalue weighted by Crippen LogP contribution is 2.43. The monoisotopic (exact) mass is 421 g/mol. The Morgan fingerprint density at radius 2 is 2.11 bits per heavy atom. The molecule has 0 spiro atoms. The molecule has 0 aliphatic carbocycles. The predicted molar refractivity (Wildman–Crippen MR) is 104 cm³/mol. The molecule has 0 atom stereocenters. The highest BCUT2D eigenvalue weighted by atomic mass is 32.2. The molecule has 3 heterocycles. The third-order valence-electron chi connectivity index (χ3n) is 4.47. The lowest BCUT2D eigenvalue weighted by Gasteiger charge is -2.12. The van der Waals surface area contributed by atoms with E-state index in [4.69, 9.17) is 14.0 Å². The van der Waals surface area contributed by atoms with E-state index in [1.807, 2.05) is 0 Å². The van der Waals surface area contributed by atoms with Crippen molar-refractivity contribution >= 4 is 26.4 Å². The van der Waals surface area contributed by atoms with E-state index in [1.165, 1.54) is 17.4 Å². The van der Waals surface area contributed by atoms with Gasteiger partial charge in [0.15, 0.2) is 5.82 Å². The van der Waals surface area contributed by atoms with Gasteiger partial charge in [-0.2, -0.15) is 4.98 Å². The fraction of sp³-hybridized carbons (Fsp3) is 0.333. The van der Waals surface area contributed by atoms with Crippen molar-refractivity contribution in [1.29, 1.82) is 0 Å². The number of anilines is 1. The number of thiophene rings is 1. The Morgan fingerprint density at radius 3 is 2.79 bits per heavy atom. The van der Waals surface area contributed by atoms with Gasteiger partial charge in [-0.25, -0.2) is 8.42 Å². The van der Waals surface area contributed by atoms with Crippen molar-refractivity contribution in [3.8, 4) is 17.2 Å². The minimum Gasteiger partial charge on any atom is -0.496 e. The van der Waals surface area contributed by atoms with E-state index >= 15 is 0 Å². The lowest BCUT2D eigenvalue weighted by molar-refractivity contribution is 0.113. The fourth-order valence-corrected chi connectivity index (χ4v) is 5.70. The second-order valence-corrected chi connectivity index (χ2v) is 9.18. The van der Waals surface area contributed by atoms with Crippen LogP contribution < -0.4 is 9.46 Å². The van der Waals surface area contributed by atoms with Gasteiger partial charge in [-0.15, -0.1) is 11.3 Å². The Balaban J connectivity index is 1.77. The Labute approximate surface area is 166 Å². The predicted octanol–water partition coefficient (Wildman–Crippen LogP) is 3.30. The summed E-state index contributed by atoms with van der Waals surface area (Å²) in [6, 6.07) is 4.73. The summed E-state index contributed by atoms with van der Waals surface area (Å²) in [5.41, 5.74) is 2.36. The van der Waals surface area contributed by atoms with Crippen molar-refractivity contribution < 1.29 is 22.4 Å². The van der Waals surface area contributed by atoms with Gasteiger partial charge in [0.2, 0.25) is 0 Å². The summed E-state index contributed by atoms with van der Waals surface area (Å²) in [7, 11) is -2.26. The smallest absolute Gasteiger partial charge is 0.262 e. The molecule has 1 aliphatic heterocycles. The first-order chi connectivity index (χ1) is 13.4. The van der Waals surface area contributed by atoms with Crippen LogP contribution >= 0.6 is 11.3 Å². The molecule has 1 N–H and O–H groups in total. The molecule has 3 aromatic rings. The zero-order chi connectivity index (χ0) is 19.9. The summed E-state index contributed by atoms with van der Waals surface area (Å²) in [5, 5.41) is 4.30. The molecule has 0 bridgehead atoms. The van der Waals surface area contributed by atoms with E-state index in [2.05, 4.69) is 14.9 Å². The van der Waals surface area contributed by atoms with Crippen molar-refractivity contribution in [2.45, 2.75) is 31.8 Å². The molecule has 0 saturated carbocycles. The molecule has 2 aromatic heterocycles. The van der Waals surface area contributed by atoms with Crippen molar-refractivity contribution in [1.82, 2.24) is 10.1 Å². The van der Waals surface area contributed by atoms with Crippen LogP contribution in [0.2, 0.25) is 0 Å². The molecule has 8 nitrogen and oxygen atoms in total. The number of nitrogens with zero attached hydrogens (tertiary/aromatic N) is 2. The van der Waals surface area contributed by atoms with Crippen molar-refractivity contribution in [2.75, 3.05) is 18.4 Å². The van der Waals surface area contributed by atoms with Gasteiger partial charge >= 0.3 is 0 Å². The first kappa shape index (κ1) is 18.9. The molecule has 0 saturated heterocycles. The first-order valence-electron chi connectivity index (χ1n) is 8.59. The van der Waals surface area contributed by atoms with Gasteiger partial charge in [-0.05, 0) is 49.6 Å². The lowest BCUT2D eigenvalue weighted by atomic mass is 10.1. The Hall–Kier alpha value is -2.43. The van der Waals surface area contributed by atoms with Gasteiger partial charge in [0.05, 0.1) is 30.8 Å². The first-order valence-corrected chi connectivity index (χ1v) is 10.9. The number of ether oxygens (including phenoxy) is 2. The van der Waals surface area contributed by atoms with E-state index in [-0.39, 0.29) is 4.90 Å². The number of rotatable bonds is 5. The Morgan fingerprint density at radius 1 is 1.29 bits per heavy atom. The quantitative estimate of drug-likeness (QED) is 0.674. The normalized spacial score (nSPS) is 14.0. The highest BCUT2D eigenvalue weighted by Gasteiger charge is 2.28. The summed E-state index contributed by atoms with van der Waals surface area (Å²) >= 11 is 1.33. The van der Waals surface area contributed by atoms with Gasteiger partial charge < -0.3 is 14.0 Å². The molecule has 10 heteroatoms. The van der Waals surface area contributed by atoms with Crippen LogP contribution in [0.4, 0.5) is 5.00 Å². The number of sulfonamides is 1. The number of aryl methyl sites for hydroxylation is 2. The van der Waals surface area contributed by atoms with Crippen molar-refractivity contribution in [3.63, 3.8) is 0 Å². The molecule has 0 amide bonds. The van der Waals surface area contributed by atoms with E-state index in [1.54, 1.807) is 33.1 Å². The number of aromatic nitrogens is 2. The van der Waals surface area contributed by atoms with Crippen molar-refractivity contribution in [2.24, 2.45) is 0 Å². The van der Waals surface area contributed by atoms with Crippen molar-refractivity contribution in [3.05, 3.63) is 40.0 Å². The van der Waals surface area contributed by atoms with Gasteiger partial charge in [-0.3, -0.25) is 4.72 Å². The number of benzene rings is 1. The van der Waals surface area contributed by atoms with E-state index < -0.39 is 10.0 Å². The standard InChI is InChI=1S/C18H19N3O5S2/c1-10-8-12(4-5-14(10)24-3)28(22,23)21-18-16(17-19-11(2)20-26-17)13-6-7-25-9-15(13)27-18/h4-5,8,21H,6-7,9H2,1-3H3. The van der Waals surface area contributed by atoms with Crippen LogP contribution in [-0.4, -0.2) is 32.3 Å². The molecule has 0 fully saturated rings. The van der Waals surface area contributed by atoms with Crippen LogP contribution in [-0.2, 0) is 27.8 Å². The number of hydrogen-bond acceptors (Lipinski definition) is 8. The van der Waals surface area contributed by atoms with Gasteiger partial charge in [0, 0.05) is 4.88 Å². The van der Waals surface area contributed by atoms with Crippen LogP contribution in [0.15, 0.2) is 27.6 Å². The second-order valence-electron chi connectivity index (χ2n) is 6.39. The van der Waals surface area contributed by atoms with Crippen LogP contribution in [0.3, 0.4) is 0 Å². The molecular formula is C18H19N3O5S2. The van der Waals surface area contributed by atoms with E-state index in [0.29, 0.717) is 47.7 Å². The van der Waals surface area contributed by atoms with Crippen LogP contribution in [0.1, 0.15) is 21.8 Å². The Kier molecular flexibility index (Phi) is 4.86. The summed E-state index contributed by atoms with van der Waals surface area (Å²) in [6.45, 7) is 4.52. The average molecular weight is 422 g/mol. The zero-order valence-corrected chi connectivity index (χ0v) is 17.2. The molecule has 0 radical (unpaired) electrons. The third kappa shape index (κ3) is 3.38. The minimum atomic E-state index is -3.81. The number of hydrogen-bond donors (Lipinski definition) is 1. The molecule has 148 valence electrons. The molecule has 4 rings (SSSR count). The van der Waals surface area contributed by atoms with Crippen LogP contribution in [0.25, 0.3) is 11.5 Å².